The Morgan fingerprint density at radius 3 is 1.33 bits per heavy atom. The quantitative estimate of drug-likeness (QED) is 0.0578. The van der Waals surface area contributed by atoms with Crippen LogP contribution in [0, 0.1) is 5.92 Å². The van der Waals surface area contributed by atoms with Crippen molar-refractivity contribution in [3.05, 3.63) is 0 Å². The number of ether oxygens (including phenoxy) is 2. The minimum atomic E-state index is -0.879. The third-order valence-corrected chi connectivity index (χ3v) is 9.80. The van der Waals surface area contributed by atoms with E-state index in [1.807, 2.05) is 6.92 Å². The van der Waals surface area contributed by atoms with Crippen LogP contribution < -0.4 is 5.73 Å². The maximum Gasteiger partial charge on any atom is 0.223 e. The highest BCUT2D eigenvalue weighted by Gasteiger charge is 2.32. The van der Waals surface area contributed by atoms with Crippen molar-refractivity contribution in [3.8, 4) is 0 Å². The summed E-state index contributed by atoms with van der Waals surface area (Å²) in [5.41, 5.74) is 5.90. The molecule has 4 N–H and O–H groups in total. The normalized spacial score (nSPS) is 15.1. The summed E-state index contributed by atoms with van der Waals surface area (Å²) in [7, 11) is 0. The van der Waals surface area contributed by atoms with Gasteiger partial charge in [-0.25, -0.2) is 0 Å². The molecule has 0 rings (SSSR count). The monoisotopic (exact) mass is 656 g/mol. The van der Waals surface area contributed by atoms with Gasteiger partial charge in [0.05, 0.1) is 36.9 Å². The lowest BCUT2D eigenvalue weighted by molar-refractivity contribution is -0.147. The SMILES string of the molecule is CCCCCCCCCCCCCCCCOC(CC)C(CC(O)CO)OC(CC)C(CCCCCCCCCCCC)C(N)=O. The summed E-state index contributed by atoms with van der Waals surface area (Å²) in [5.74, 6) is -0.656. The number of carbonyl (C=O) groups excluding carboxylic acids is 1. The molecule has 6 heteroatoms. The predicted octanol–water partition coefficient (Wildman–Crippen LogP) is 10.6. The minimum Gasteiger partial charge on any atom is -0.394 e. The number of amides is 1. The van der Waals surface area contributed by atoms with Crippen molar-refractivity contribution in [2.75, 3.05) is 13.2 Å². The fourth-order valence-electron chi connectivity index (χ4n) is 6.72. The number of aliphatic hydroxyl groups excluding tert-OH is 2. The smallest absolute Gasteiger partial charge is 0.223 e. The number of rotatable bonds is 37. The van der Waals surface area contributed by atoms with E-state index >= 15 is 0 Å². The van der Waals surface area contributed by atoms with Crippen LogP contribution in [-0.4, -0.2) is 53.7 Å². The fourth-order valence-corrected chi connectivity index (χ4v) is 6.72. The number of nitrogens with two attached hydrogens (primary N) is 1. The molecule has 276 valence electrons. The highest BCUT2D eigenvalue weighted by molar-refractivity contribution is 5.77. The molecule has 0 aromatic carbocycles. The molecule has 0 radical (unpaired) electrons. The van der Waals surface area contributed by atoms with Gasteiger partial charge in [-0.1, -0.05) is 175 Å². The molecule has 5 atom stereocenters. The first-order valence-corrected chi connectivity index (χ1v) is 20.3. The van der Waals surface area contributed by atoms with Crippen molar-refractivity contribution in [3.63, 3.8) is 0 Å². The fraction of sp³-hybridized carbons (Fsp3) is 0.975. The number of aliphatic hydroxyl groups is 2. The zero-order valence-corrected chi connectivity index (χ0v) is 31.3. The maximum absolute atomic E-state index is 12.5. The van der Waals surface area contributed by atoms with Gasteiger partial charge in [-0.05, 0) is 25.7 Å². The number of primary amides is 1. The molecule has 6 nitrogen and oxygen atoms in total. The molecule has 0 aromatic heterocycles. The molecule has 0 aliphatic rings. The van der Waals surface area contributed by atoms with Crippen LogP contribution in [0.25, 0.3) is 0 Å². The Morgan fingerprint density at radius 1 is 0.565 bits per heavy atom. The van der Waals surface area contributed by atoms with Crippen molar-refractivity contribution < 1.29 is 24.5 Å². The molecule has 1 amide bonds. The second-order valence-corrected chi connectivity index (χ2v) is 14.1. The molecule has 0 spiro atoms. The van der Waals surface area contributed by atoms with Gasteiger partial charge in [0, 0.05) is 13.0 Å². The van der Waals surface area contributed by atoms with Gasteiger partial charge in [0.25, 0.3) is 0 Å². The van der Waals surface area contributed by atoms with Crippen LogP contribution >= 0.6 is 0 Å². The van der Waals surface area contributed by atoms with Crippen molar-refractivity contribution in [2.45, 2.75) is 232 Å². The largest absolute Gasteiger partial charge is 0.394 e. The summed E-state index contributed by atoms with van der Waals surface area (Å²) < 4.78 is 12.9. The van der Waals surface area contributed by atoms with Crippen LogP contribution in [0.4, 0.5) is 0 Å². The number of hydrogen-bond donors (Lipinski definition) is 3. The molecule has 0 aliphatic heterocycles. The average Bonchev–Trinajstić information content (AvgIpc) is 3.05. The van der Waals surface area contributed by atoms with Gasteiger partial charge >= 0.3 is 0 Å². The van der Waals surface area contributed by atoms with Gasteiger partial charge in [-0.2, -0.15) is 0 Å². The Bertz CT molecular complexity index is 633. The molecule has 0 heterocycles. The lowest BCUT2D eigenvalue weighted by Gasteiger charge is -2.34. The zero-order chi connectivity index (χ0) is 34.1. The summed E-state index contributed by atoms with van der Waals surface area (Å²) >= 11 is 0. The summed E-state index contributed by atoms with van der Waals surface area (Å²) in [4.78, 5) is 12.5. The van der Waals surface area contributed by atoms with Gasteiger partial charge in [0.15, 0.2) is 0 Å². The first-order valence-electron chi connectivity index (χ1n) is 20.3. The molecular weight excluding hydrogens is 574 g/mol. The molecule has 5 unspecified atom stereocenters. The lowest BCUT2D eigenvalue weighted by Crippen LogP contribution is -2.43. The zero-order valence-electron chi connectivity index (χ0n) is 31.3. The van der Waals surface area contributed by atoms with Gasteiger partial charge in [-0.15, -0.1) is 0 Å². The van der Waals surface area contributed by atoms with Crippen molar-refractivity contribution >= 4 is 5.91 Å². The average molecular weight is 656 g/mol. The number of hydrogen-bond acceptors (Lipinski definition) is 5. The van der Waals surface area contributed by atoms with E-state index in [1.165, 1.54) is 135 Å². The number of carbonyl (C=O) groups is 1. The summed E-state index contributed by atoms with van der Waals surface area (Å²) in [6, 6.07) is 0. The predicted molar refractivity (Wildman–Crippen MR) is 196 cm³/mol. The highest BCUT2D eigenvalue weighted by atomic mass is 16.5. The highest BCUT2D eigenvalue weighted by Crippen LogP contribution is 2.25. The third-order valence-electron chi connectivity index (χ3n) is 9.80. The van der Waals surface area contributed by atoms with E-state index in [0.29, 0.717) is 13.0 Å². The van der Waals surface area contributed by atoms with Crippen molar-refractivity contribution in [1.29, 1.82) is 0 Å². The molecule has 0 saturated heterocycles. The number of unbranched alkanes of at least 4 members (excludes halogenated alkanes) is 22. The summed E-state index contributed by atoms with van der Waals surface area (Å²) in [6.45, 7) is 9.00. The van der Waals surface area contributed by atoms with Gasteiger partial charge in [-0.3, -0.25) is 4.79 Å². The van der Waals surface area contributed by atoms with E-state index in [9.17, 15) is 15.0 Å². The van der Waals surface area contributed by atoms with E-state index in [1.54, 1.807) is 0 Å². The second-order valence-electron chi connectivity index (χ2n) is 14.1. The Balaban J connectivity index is 4.52. The Kier molecular flexibility index (Phi) is 33.7. The molecule has 0 aromatic rings. The van der Waals surface area contributed by atoms with Crippen LogP contribution in [0.1, 0.15) is 207 Å². The van der Waals surface area contributed by atoms with E-state index < -0.39 is 12.2 Å². The van der Waals surface area contributed by atoms with Gasteiger partial charge in [0.1, 0.15) is 0 Å². The molecule has 0 saturated carbocycles. The third kappa shape index (κ3) is 26.3. The van der Waals surface area contributed by atoms with Gasteiger partial charge < -0.3 is 25.4 Å². The molecule has 46 heavy (non-hydrogen) atoms. The van der Waals surface area contributed by atoms with Crippen molar-refractivity contribution in [2.24, 2.45) is 11.7 Å². The first-order chi connectivity index (χ1) is 22.4. The van der Waals surface area contributed by atoms with E-state index in [-0.39, 0.29) is 37.1 Å². The minimum absolute atomic E-state index is 0.192. The van der Waals surface area contributed by atoms with Crippen LogP contribution in [0.3, 0.4) is 0 Å². The Labute approximate surface area is 286 Å². The summed E-state index contributed by atoms with van der Waals surface area (Å²) in [6.07, 6.45) is 31.7. The molecular formula is C40H81NO5. The van der Waals surface area contributed by atoms with Crippen molar-refractivity contribution in [1.82, 2.24) is 0 Å². The van der Waals surface area contributed by atoms with Crippen LogP contribution in [0.2, 0.25) is 0 Å². The Hall–Kier alpha value is -0.690. The van der Waals surface area contributed by atoms with Crippen LogP contribution in [0.5, 0.6) is 0 Å². The topological polar surface area (TPSA) is 102 Å². The lowest BCUT2D eigenvalue weighted by atomic mass is 9.92. The maximum atomic E-state index is 12.5. The van der Waals surface area contributed by atoms with E-state index in [0.717, 1.165) is 32.1 Å². The van der Waals surface area contributed by atoms with Gasteiger partial charge in [0.2, 0.25) is 5.91 Å². The van der Waals surface area contributed by atoms with E-state index in [4.69, 9.17) is 15.2 Å². The first kappa shape index (κ1) is 45.3. The standard InChI is InChI=1S/C40H81NO5/c1-5-9-11-13-15-17-19-20-21-22-24-26-28-30-32-45-38(8-4)39(33-35(43)34-42)46-37(7-3)36(40(41)44)31-29-27-25-23-18-16-14-12-10-6-2/h35-39,42-43H,5-34H2,1-4H3,(H2,41,44). The molecule has 0 aliphatic carbocycles. The van der Waals surface area contributed by atoms with Crippen LogP contribution in [0.15, 0.2) is 0 Å². The Morgan fingerprint density at radius 2 is 0.957 bits per heavy atom. The van der Waals surface area contributed by atoms with Crippen LogP contribution in [-0.2, 0) is 14.3 Å². The summed E-state index contributed by atoms with van der Waals surface area (Å²) in [5, 5.41) is 19.9. The second kappa shape index (κ2) is 34.2. The molecule has 0 bridgehead atoms. The van der Waals surface area contributed by atoms with E-state index in [2.05, 4.69) is 20.8 Å². The molecule has 0 fully saturated rings.